The number of hydrogen-bond acceptors (Lipinski definition) is 7. The van der Waals surface area contributed by atoms with Crippen molar-refractivity contribution in [3.63, 3.8) is 0 Å². The average molecular weight is 324 g/mol. The minimum Gasteiger partial charge on any atom is -0.506 e. The molecule has 0 bridgehead atoms. The van der Waals surface area contributed by atoms with Gasteiger partial charge in [-0.1, -0.05) is 13.0 Å². The van der Waals surface area contributed by atoms with Gasteiger partial charge < -0.3 is 19.7 Å². The first-order chi connectivity index (χ1) is 10.9. The number of aromatic hydroxyl groups is 1. The SMILES string of the molecule is CCCC(=O)OC(CO)COC(=O)c1cccc(C(C)=O)c1O. The molecule has 0 spiro atoms. The number of carbonyl (C=O) groups excluding carboxylic acids is 3. The van der Waals surface area contributed by atoms with Gasteiger partial charge in [-0.3, -0.25) is 9.59 Å². The van der Waals surface area contributed by atoms with Crippen molar-refractivity contribution in [2.45, 2.75) is 32.8 Å². The van der Waals surface area contributed by atoms with Crippen molar-refractivity contribution in [2.24, 2.45) is 0 Å². The van der Waals surface area contributed by atoms with Gasteiger partial charge in [0.1, 0.15) is 17.9 Å². The number of rotatable bonds is 8. The van der Waals surface area contributed by atoms with E-state index in [2.05, 4.69) is 0 Å². The molecular weight excluding hydrogens is 304 g/mol. The molecule has 0 aromatic heterocycles. The number of carbonyl (C=O) groups is 3. The first-order valence-corrected chi connectivity index (χ1v) is 7.21. The minimum absolute atomic E-state index is 0.00697. The van der Waals surface area contributed by atoms with Crippen molar-refractivity contribution in [1.82, 2.24) is 0 Å². The summed E-state index contributed by atoms with van der Waals surface area (Å²) < 4.78 is 9.86. The Hall–Kier alpha value is -2.41. The number of esters is 2. The molecule has 1 aromatic rings. The van der Waals surface area contributed by atoms with Crippen LogP contribution in [0.15, 0.2) is 18.2 Å². The van der Waals surface area contributed by atoms with Crippen molar-refractivity contribution < 1.29 is 34.1 Å². The van der Waals surface area contributed by atoms with Crippen LogP contribution in [-0.4, -0.2) is 47.3 Å². The monoisotopic (exact) mass is 324 g/mol. The third-order valence-corrected chi connectivity index (χ3v) is 2.99. The van der Waals surface area contributed by atoms with E-state index in [1.165, 1.54) is 25.1 Å². The van der Waals surface area contributed by atoms with Crippen LogP contribution < -0.4 is 0 Å². The molecule has 0 radical (unpaired) electrons. The Bertz CT molecular complexity index is 580. The molecule has 0 aliphatic rings. The molecule has 126 valence electrons. The summed E-state index contributed by atoms with van der Waals surface area (Å²) in [6, 6.07) is 4.14. The highest BCUT2D eigenvalue weighted by molar-refractivity contribution is 6.02. The second-order valence-corrected chi connectivity index (χ2v) is 4.90. The van der Waals surface area contributed by atoms with E-state index in [1.807, 2.05) is 0 Å². The summed E-state index contributed by atoms with van der Waals surface area (Å²) in [7, 11) is 0. The third kappa shape index (κ3) is 5.37. The van der Waals surface area contributed by atoms with Gasteiger partial charge in [-0.2, -0.15) is 0 Å². The van der Waals surface area contributed by atoms with Crippen molar-refractivity contribution in [1.29, 1.82) is 0 Å². The van der Waals surface area contributed by atoms with Gasteiger partial charge in [-0.25, -0.2) is 4.79 Å². The Morgan fingerprint density at radius 2 is 1.87 bits per heavy atom. The van der Waals surface area contributed by atoms with Gasteiger partial charge >= 0.3 is 11.9 Å². The molecule has 1 aromatic carbocycles. The molecule has 2 N–H and O–H groups in total. The highest BCUT2D eigenvalue weighted by atomic mass is 16.6. The Morgan fingerprint density at radius 3 is 2.43 bits per heavy atom. The van der Waals surface area contributed by atoms with Crippen molar-refractivity contribution in [3.8, 4) is 5.75 Å². The molecule has 1 rings (SSSR count). The van der Waals surface area contributed by atoms with Gasteiger partial charge in [0.15, 0.2) is 11.9 Å². The molecule has 23 heavy (non-hydrogen) atoms. The molecule has 1 atom stereocenters. The minimum atomic E-state index is -0.976. The summed E-state index contributed by atoms with van der Waals surface area (Å²) in [5, 5.41) is 19.0. The zero-order valence-corrected chi connectivity index (χ0v) is 13.1. The van der Waals surface area contributed by atoms with E-state index in [0.717, 1.165) is 0 Å². The number of hydrogen-bond donors (Lipinski definition) is 2. The Kier molecular flexibility index (Phi) is 7.21. The van der Waals surface area contributed by atoms with E-state index >= 15 is 0 Å². The highest BCUT2D eigenvalue weighted by Crippen LogP contribution is 2.23. The van der Waals surface area contributed by atoms with Crippen LogP contribution in [0.2, 0.25) is 0 Å². The second kappa shape index (κ2) is 8.89. The van der Waals surface area contributed by atoms with Crippen LogP contribution in [0.1, 0.15) is 47.4 Å². The largest absolute Gasteiger partial charge is 0.506 e. The van der Waals surface area contributed by atoms with Crippen LogP contribution in [0, 0.1) is 0 Å². The maximum absolute atomic E-state index is 12.0. The number of ketones is 1. The maximum atomic E-state index is 12.0. The van der Waals surface area contributed by atoms with E-state index in [9.17, 15) is 19.5 Å². The number of benzene rings is 1. The molecule has 1 unspecified atom stereocenters. The third-order valence-electron chi connectivity index (χ3n) is 2.99. The van der Waals surface area contributed by atoms with Gasteiger partial charge in [0.05, 0.1) is 12.2 Å². The number of ether oxygens (including phenoxy) is 2. The fourth-order valence-electron chi connectivity index (χ4n) is 1.81. The Labute approximate surface area is 133 Å². The van der Waals surface area contributed by atoms with Crippen molar-refractivity contribution >= 4 is 17.7 Å². The van der Waals surface area contributed by atoms with Gasteiger partial charge in [-0.05, 0) is 25.5 Å². The summed E-state index contributed by atoms with van der Waals surface area (Å²) in [4.78, 5) is 34.6. The lowest BCUT2D eigenvalue weighted by atomic mass is 10.1. The summed E-state index contributed by atoms with van der Waals surface area (Å²) in [5.74, 6) is -2.23. The second-order valence-electron chi connectivity index (χ2n) is 4.90. The summed E-state index contributed by atoms with van der Waals surface area (Å²) in [6.45, 7) is 2.22. The molecule has 0 fully saturated rings. The zero-order valence-electron chi connectivity index (χ0n) is 13.1. The van der Waals surface area contributed by atoms with E-state index < -0.39 is 30.4 Å². The fraction of sp³-hybridized carbons (Fsp3) is 0.438. The topological polar surface area (TPSA) is 110 Å². The van der Waals surface area contributed by atoms with Crippen LogP contribution in [0.25, 0.3) is 0 Å². The summed E-state index contributed by atoms with van der Waals surface area (Å²) in [6.07, 6.45) is -0.176. The lowest BCUT2D eigenvalue weighted by Crippen LogP contribution is -2.28. The van der Waals surface area contributed by atoms with Crippen LogP contribution in [0.4, 0.5) is 0 Å². The standard InChI is InChI=1S/C16H20O7/c1-3-5-14(19)23-11(8-17)9-22-16(21)13-7-4-6-12(10(2)18)15(13)20/h4,6-7,11,17,20H,3,5,8-9H2,1-2H3. The summed E-state index contributed by atoms with van der Waals surface area (Å²) in [5.41, 5.74) is -0.165. The van der Waals surface area contributed by atoms with Gasteiger partial charge in [0.2, 0.25) is 0 Å². The zero-order chi connectivity index (χ0) is 17.4. The smallest absolute Gasteiger partial charge is 0.342 e. The number of para-hydroxylation sites is 1. The number of phenolic OH excluding ortho intramolecular Hbond substituents is 1. The fourth-order valence-corrected chi connectivity index (χ4v) is 1.81. The van der Waals surface area contributed by atoms with E-state index in [-0.39, 0.29) is 29.9 Å². The predicted octanol–water partition coefficient (Wildman–Crippen LogP) is 1.46. The predicted molar refractivity (Wildman–Crippen MR) is 80.3 cm³/mol. The number of Topliss-reactive ketones (excluding diaryl/α,β-unsaturated/α-hetero) is 1. The number of aliphatic hydroxyl groups excluding tert-OH is 1. The lowest BCUT2D eigenvalue weighted by molar-refractivity contribution is -0.153. The van der Waals surface area contributed by atoms with Crippen molar-refractivity contribution in [2.75, 3.05) is 13.2 Å². The molecule has 7 nitrogen and oxygen atoms in total. The van der Waals surface area contributed by atoms with Gasteiger partial charge in [-0.15, -0.1) is 0 Å². The number of phenols is 1. The van der Waals surface area contributed by atoms with Crippen LogP contribution in [0.5, 0.6) is 5.75 Å². The molecule has 0 aliphatic carbocycles. The first kappa shape index (κ1) is 18.6. The highest BCUT2D eigenvalue weighted by Gasteiger charge is 2.20. The molecule has 7 heteroatoms. The molecule has 0 heterocycles. The van der Waals surface area contributed by atoms with Crippen LogP contribution in [-0.2, 0) is 14.3 Å². The van der Waals surface area contributed by atoms with Crippen LogP contribution in [0.3, 0.4) is 0 Å². The quantitative estimate of drug-likeness (QED) is 0.550. The van der Waals surface area contributed by atoms with Crippen molar-refractivity contribution in [3.05, 3.63) is 29.3 Å². The van der Waals surface area contributed by atoms with Gasteiger partial charge in [0.25, 0.3) is 0 Å². The van der Waals surface area contributed by atoms with Crippen LogP contribution >= 0.6 is 0 Å². The summed E-state index contributed by atoms with van der Waals surface area (Å²) >= 11 is 0. The molecule has 0 amide bonds. The van der Waals surface area contributed by atoms with E-state index in [4.69, 9.17) is 14.6 Å². The maximum Gasteiger partial charge on any atom is 0.342 e. The Balaban J connectivity index is 2.71. The van der Waals surface area contributed by atoms with Gasteiger partial charge in [0, 0.05) is 6.42 Å². The van der Waals surface area contributed by atoms with E-state index in [0.29, 0.717) is 6.42 Å². The first-order valence-electron chi connectivity index (χ1n) is 7.21. The molecule has 0 saturated heterocycles. The lowest BCUT2D eigenvalue weighted by Gasteiger charge is -2.16. The molecule has 0 aliphatic heterocycles. The molecular formula is C16H20O7. The average Bonchev–Trinajstić information content (AvgIpc) is 2.51. The number of aliphatic hydroxyl groups is 1. The normalized spacial score (nSPS) is 11.6. The van der Waals surface area contributed by atoms with E-state index in [1.54, 1.807) is 6.92 Å². The Morgan fingerprint density at radius 1 is 1.22 bits per heavy atom. The molecule has 0 saturated carbocycles.